The molecule has 1 N–H and O–H groups in total. The number of aryl methyl sites for hydroxylation is 1. The second kappa shape index (κ2) is 6.09. The van der Waals surface area contributed by atoms with Gasteiger partial charge in [0.1, 0.15) is 0 Å². The molecule has 19 heavy (non-hydrogen) atoms. The van der Waals surface area contributed by atoms with Gasteiger partial charge in [-0.3, -0.25) is 4.79 Å². The monoisotopic (exact) mass is 260 g/mol. The van der Waals surface area contributed by atoms with Gasteiger partial charge in [-0.2, -0.15) is 0 Å². The van der Waals surface area contributed by atoms with Gasteiger partial charge in [0.2, 0.25) is 0 Å². The number of hydrogen-bond donors (Lipinski definition) is 1. The molecule has 2 rings (SSSR count). The Bertz CT molecular complexity index is 454. The van der Waals surface area contributed by atoms with Crippen LogP contribution in [0.5, 0.6) is 0 Å². The van der Waals surface area contributed by atoms with Crippen LogP contribution < -0.4 is 5.32 Å². The van der Waals surface area contributed by atoms with E-state index in [1.54, 1.807) is 0 Å². The number of benzene rings is 1. The Balaban J connectivity index is 2.32. The third-order valence-electron chi connectivity index (χ3n) is 3.65. The topological polar surface area (TPSA) is 32.3 Å². The maximum Gasteiger partial charge on any atom is 0.256 e. The number of hydrogen-bond acceptors (Lipinski definition) is 2. The molecule has 1 aliphatic heterocycles. The van der Waals surface area contributed by atoms with Crippen molar-refractivity contribution in [3.8, 4) is 0 Å². The number of nitrogens with one attached hydrogen (secondary N) is 1. The van der Waals surface area contributed by atoms with Crippen molar-refractivity contribution < 1.29 is 4.79 Å². The Kier molecular flexibility index (Phi) is 4.46. The minimum atomic E-state index is 0.156. The van der Waals surface area contributed by atoms with Crippen LogP contribution in [0.25, 0.3) is 0 Å². The minimum Gasteiger partial charge on any atom is -0.384 e. The molecule has 1 aromatic carbocycles. The molecule has 1 amide bonds. The van der Waals surface area contributed by atoms with Crippen molar-refractivity contribution in [1.29, 1.82) is 0 Å². The van der Waals surface area contributed by atoms with Gasteiger partial charge >= 0.3 is 0 Å². The standard InChI is InChI=1S/C16H24N2O/c1-4-11-18(12(2)3)16(19)14-9-5-7-13-8-6-10-17-15(13)14/h5,7,9,12,17H,4,6,8,10-11H2,1-3H3. The molecule has 104 valence electrons. The van der Waals surface area contributed by atoms with Crippen molar-refractivity contribution in [2.75, 3.05) is 18.4 Å². The molecule has 0 spiro atoms. The maximum atomic E-state index is 12.7. The lowest BCUT2D eigenvalue weighted by atomic mass is 9.98. The van der Waals surface area contributed by atoms with Gasteiger partial charge in [-0.15, -0.1) is 0 Å². The van der Waals surface area contributed by atoms with Gasteiger partial charge in [-0.05, 0) is 44.7 Å². The summed E-state index contributed by atoms with van der Waals surface area (Å²) in [6.45, 7) is 8.06. The van der Waals surface area contributed by atoms with Crippen LogP contribution in [0.1, 0.15) is 49.5 Å². The van der Waals surface area contributed by atoms with Gasteiger partial charge in [0.25, 0.3) is 5.91 Å². The first-order chi connectivity index (χ1) is 9.15. The summed E-state index contributed by atoms with van der Waals surface area (Å²) in [6, 6.07) is 6.32. The largest absolute Gasteiger partial charge is 0.384 e. The van der Waals surface area contributed by atoms with E-state index in [0.717, 1.165) is 43.6 Å². The highest BCUT2D eigenvalue weighted by Gasteiger charge is 2.23. The fourth-order valence-corrected chi connectivity index (χ4v) is 2.68. The van der Waals surface area contributed by atoms with Crippen molar-refractivity contribution >= 4 is 11.6 Å². The van der Waals surface area contributed by atoms with Gasteiger partial charge in [0.05, 0.1) is 11.3 Å². The Morgan fingerprint density at radius 1 is 1.42 bits per heavy atom. The van der Waals surface area contributed by atoms with Gasteiger partial charge in [-0.25, -0.2) is 0 Å². The summed E-state index contributed by atoms with van der Waals surface area (Å²) < 4.78 is 0. The Labute approximate surface area is 116 Å². The van der Waals surface area contributed by atoms with E-state index in [1.165, 1.54) is 5.56 Å². The number of para-hydroxylation sites is 1. The normalized spacial score (nSPS) is 13.9. The SMILES string of the molecule is CCCN(C(=O)c1cccc2c1NCCC2)C(C)C. The average Bonchev–Trinajstić information content (AvgIpc) is 2.43. The number of amides is 1. The van der Waals surface area contributed by atoms with E-state index in [4.69, 9.17) is 0 Å². The number of nitrogens with zero attached hydrogens (tertiary/aromatic N) is 1. The summed E-state index contributed by atoms with van der Waals surface area (Å²) in [5.74, 6) is 0.156. The second-order valence-corrected chi connectivity index (χ2v) is 5.46. The third kappa shape index (κ3) is 2.91. The highest BCUT2D eigenvalue weighted by atomic mass is 16.2. The lowest BCUT2D eigenvalue weighted by molar-refractivity contribution is 0.0707. The highest BCUT2D eigenvalue weighted by Crippen LogP contribution is 2.27. The molecule has 0 saturated heterocycles. The Hall–Kier alpha value is -1.51. The molecule has 0 fully saturated rings. The molecular formula is C16H24N2O. The van der Waals surface area contributed by atoms with Gasteiger partial charge in [0.15, 0.2) is 0 Å². The van der Waals surface area contributed by atoms with Crippen LogP contribution in [-0.4, -0.2) is 29.9 Å². The number of rotatable bonds is 4. The molecule has 0 bridgehead atoms. The van der Waals surface area contributed by atoms with Crippen molar-refractivity contribution in [3.05, 3.63) is 29.3 Å². The lowest BCUT2D eigenvalue weighted by Gasteiger charge is -2.29. The third-order valence-corrected chi connectivity index (χ3v) is 3.65. The fraction of sp³-hybridized carbons (Fsp3) is 0.562. The summed E-state index contributed by atoms with van der Waals surface area (Å²) in [7, 11) is 0. The molecule has 1 heterocycles. The molecular weight excluding hydrogens is 236 g/mol. The minimum absolute atomic E-state index is 0.156. The van der Waals surface area contributed by atoms with E-state index < -0.39 is 0 Å². The van der Waals surface area contributed by atoms with Crippen LogP contribution in [-0.2, 0) is 6.42 Å². The lowest BCUT2D eigenvalue weighted by Crippen LogP contribution is -2.38. The number of anilines is 1. The van der Waals surface area contributed by atoms with Crippen molar-refractivity contribution in [3.63, 3.8) is 0 Å². The van der Waals surface area contributed by atoms with Crippen LogP contribution in [0.3, 0.4) is 0 Å². The molecule has 1 aliphatic rings. The fourth-order valence-electron chi connectivity index (χ4n) is 2.68. The molecule has 3 nitrogen and oxygen atoms in total. The quantitative estimate of drug-likeness (QED) is 0.901. The summed E-state index contributed by atoms with van der Waals surface area (Å²) >= 11 is 0. The molecule has 3 heteroatoms. The summed E-state index contributed by atoms with van der Waals surface area (Å²) in [5, 5.41) is 3.40. The predicted molar refractivity (Wildman–Crippen MR) is 79.7 cm³/mol. The molecule has 0 atom stereocenters. The summed E-state index contributed by atoms with van der Waals surface area (Å²) in [5.41, 5.74) is 3.16. The molecule has 0 aliphatic carbocycles. The van der Waals surface area contributed by atoms with E-state index in [2.05, 4.69) is 32.2 Å². The Morgan fingerprint density at radius 2 is 2.21 bits per heavy atom. The summed E-state index contributed by atoms with van der Waals surface area (Å²) in [6.07, 6.45) is 3.21. The van der Waals surface area contributed by atoms with E-state index in [0.29, 0.717) is 0 Å². The van der Waals surface area contributed by atoms with Gasteiger partial charge in [0, 0.05) is 19.1 Å². The predicted octanol–water partition coefficient (Wildman–Crippen LogP) is 3.31. The molecule has 0 unspecified atom stereocenters. The Morgan fingerprint density at radius 3 is 2.89 bits per heavy atom. The van der Waals surface area contributed by atoms with Crippen molar-refractivity contribution in [2.45, 2.75) is 46.1 Å². The molecule has 0 aromatic heterocycles. The van der Waals surface area contributed by atoms with E-state index >= 15 is 0 Å². The first-order valence-electron chi connectivity index (χ1n) is 7.32. The average molecular weight is 260 g/mol. The van der Waals surface area contributed by atoms with Crippen LogP contribution in [0.15, 0.2) is 18.2 Å². The van der Waals surface area contributed by atoms with Crippen LogP contribution in [0, 0.1) is 0 Å². The maximum absolute atomic E-state index is 12.7. The zero-order valence-electron chi connectivity index (χ0n) is 12.2. The first kappa shape index (κ1) is 13.9. The second-order valence-electron chi connectivity index (χ2n) is 5.46. The van der Waals surface area contributed by atoms with E-state index in [1.807, 2.05) is 17.0 Å². The number of carbonyl (C=O) groups is 1. The zero-order chi connectivity index (χ0) is 13.8. The van der Waals surface area contributed by atoms with Gasteiger partial charge in [-0.1, -0.05) is 19.1 Å². The highest BCUT2D eigenvalue weighted by molar-refractivity contribution is 6.00. The van der Waals surface area contributed by atoms with E-state index in [9.17, 15) is 4.79 Å². The van der Waals surface area contributed by atoms with E-state index in [-0.39, 0.29) is 11.9 Å². The van der Waals surface area contributed by atoms with Crippen LogP contribution in [0.2, 0.25) is 0 Å². The van der Waals surface area contributed by atoms with Crippen LogP contribution in [0.4, 0.5) is 5.69 Å². The van der Waals surface area contributed by atoms with Gasteiger partial charge < -0.3 is 10.2 Å². The summed E-state index contributed by atoms with van der Waals surface area (Å²) in [4.78, 5) is 14.7. The van der Waals surface area contributed by atoms with Crippen LogP contribution >= 0.6 is 0 Å². The number of carbonyl (C=O) groups excluding carboxylic acids is 1. The van der Waals surface area contributed by atoms with Crippen molar-refractivity contribution in [2.24, 2.45) is 0 Å². The smallest absolute Gasteiger partial charge is 0.256 e. The molecule has 0 saturated carbocycles. The zero-order valence-corrected chi connectivity index (χ0v) is 12.2. The molecule has 0 radical (unpaired) electrons. The van der Waals surface area contributed by atoms with Crippen molar-refractivity contribution in [1.82, 2.24) is 4.90 Å². The molecule has 1 aromatic rings. The first-order valence-corrected chi connectivity index (χ1v) is 7.32. The number of fused-ring (bicyclic) bond motifs is 1.